The third-order valence-electron chi connectivity index (χ3n) is 3.72. The second kappa shape index (κ2) is 8.28. The van der Waals surface area contributed by atoms with Gasteiger partial charge in [-0.1, -0.05) is 0 Å². The minimum atomic E-state index is -3.55. The fourth-order valence-corrected chi connectivity index (χ4v) is 4.26. The summed E-state index contributed by atoms with van der Waals surface area (Å²) in [6, 6.07) is 9.75. The van der Waals surface area contributed by atoms with Crippen LogP contribution in [0, 0.1) is 0 Å². The highest BCUT2D eigenvalue weighted by Gasteiger charge is 2.17. The Bertz CT molecular complexity index is 1020. The molecule has 0 radical (unpaired) electrons. The number of rotatable bonds is 7. The molecule has 3 rings (SSSR count). The summed E-state index contributed by atoms with van der Waals surface area (Å²) in [5, 5.41) is 4.86. The van der Waals surface area contributed by atoms with E-state index < -0.39 is 15.7 Å². The van der Waals surface area contributed by atoms with E-state index in [-0.39, 0.29) is 17.1 Å². The van der Waals surface area contributed by atoms with Gasteiger partial charge in [-0.2, -0.15) is 0 Å². The van der Waals surface area contributed by atoms with Crippen molar-refractivity contribution in [1.29, 1.82) is 0 Å². The van der Waals surface area contributed by atoms with Crippen LogP contribution in [0.15, 0.2) is 59.1 Å². The molecule has 0 unspecified atom stereocenters. The maximum absolute atomic E-state index is 12.3. The fraction of sp³-hybridized carbons (Fsp3) is 0.167. The zero-order valence-electron chi connectivity index (χ0n) is 14.5. The van der Waals surface area contributed by atoms with Gasteiger partial charge in [0.2, 0.25) is 5.91 Å². The van der Waals surface area contributed by atoms with Crippen molar-refractivity contribution in [3.8, 4) is 17.0 Å². The van der Waals surface area contributed by atoms with E-state index >= 15 is 0 Å². The Morgan fingerprint density at radius 1 is 1.22 bits per heavy atom. The molecule has 1 N–H and O–H groups in total. The number of aromatic nitrogens is 2. The Morgan fingerprint density at radius 2 is 2.00 bits per heavy atom. The zero-order chi connectivity index (χ0) is 19.3. The molecule has 2 aromatic heterocycles. The van der Waals surface area contributed by atoms with Crippen LogP contribution in [0.5, 0.6) is 5.75 Å². The highest BCUT2D eigenvalue weighted by atomic mass is 32.2. The van der Waals surface area contributed by atoms with E-state index in [1.165, 1.54) is 30.6 Å². The lowest BCUT2D eigenvalue weighted by Crippen LogP contribution is -2.17. The summed E-state index contributed by atoms with van der Waals surface area (Å²) < 4.78 is 29.7. The lowest BCUT2D eigenvalue weighted by molar-refractivity contribution is -0.115. The number of amides is 1. The van der Waals surface area contributed by atoms with Gasteiger partial charge < -0.3 is 10.1 Å². The number of methoxy groups -OCH3 is 1. The zero-order valence-corrected chi connectivity index (χ0v) is 16.1. The molecular weight excluding hydrogens is 386 g/mol. The molecule has 0 aliphatic heterocycles. The van der Waals surface area contributed by atoms with Crippen LogP contribution in [-0.4, -0.2) is 37.2 Å². The summed E-state index contributed by atoms with van der Waals surface area (Å²) >= 11 is 1.27. The predicted octanol–water partition coefficient (Wildman–Crippen LogP) is 3.02. The number of carbonyl (C=O) groups is 1. The van der Waals surface area contributed by atoms with Crippen LogP contribution in [-0.2, 0) is 14.6 Å². The number of ether oxygens (including phenoxy) is 1. The van der Waals surface area contributed by atoms with Gasteiger partial charge in [-0.25, -0.2) is 13.4 Å². The molecule has 3 aromatic rings. The number of anilines is 1. The number of benzene rings is 1. The number of thiazole rings is 1. The maximum Gasteiger partial charge on any atom is 0.227 e. The summed E-state index contributed by atoms with van der Waals surface area (Å²) in [4.78, 5) is 20.6. The van der Waals surface area contributed by atoms with Gasteiger partial charge in [0.05, 0.1) is 23.5 Å². The first kappa shape index (κ1) is 19.0. The van der Waals surface area contributed by atoms with Gasteiger partial charge in [-0.15, -0.1) is 11.3 Å². The van der Waals surface area contributed by atoms with Crippen LogP contribution in [0.4, 0.5) is 5.13 Å². The first-order valence-electron chi connectivity index (χ1n) is 8.00. The molecule has 0 aliphatic rings. The molecule has 2 heterocycles. The molecule has 1 amide bonds. The highest BCUT2D eigenvalue weighted by Crippen LogP contribution is 2.24. The lowest BCUT2D eigenvalue weighted by Gasteiger charge is -2.06. The average molecular weight is 403 g/mol. The van der Waals surface area contributed by atoms with Crippen molar-refractivity contribution in [2.45, 2.75) is 11.3 Å². The smallest absolute Gasteiger partial charge is 0.227 e. The molecule has 0 atom stereocenters. The second-order valence-electron chi connectivity index (χ2n) is 5.57. The molecule has 1 aromatic carbocycles. The van der Waals surface area contributed by atoms with Crippen LogP contribution in [0.2, 0.25) is 0 Å². The molecule has 7 nitrogen and oxygen atoms in total. The Kier molecular flexibility index (Phi) is 5.82. The Hall–Kier alpha value is -2.78. The van der Waals surface area contributed by atoms with E-state index in [1.54, 1.807) is 36.0 Å². The molecule has 140 valence electrons. The summed E-state index contributed by atoms with van der Waals surface area (Å²) in [5.41, 5.74) is 1.55. The standard InChI is InChI=1S/C18H17N3O4S2/c1-25-14-4-6-15(7-5-14)27(23,24)10-8-17(22)21-18-20-16(12-26-18)13-3-2-9-19-11-13/h2-7,9,11-12H,8,10H2,1H3,(H,20,21,22). The Labute approximate surface area is 161 Å². The normalized spacial score (nSPS) is 11.1. The Morgan fingerprint density at radius 3 is 2.67 bits per heavy atom. The maximum atomic E-state index is 12.3. The lowest BCUT2D eigenvalue weighted by atomic mass is 10.2. The summed E-state index contributed by atoms with van der Waals surface area (Å²) in [6.45, 7) is 0. The van der Waals surface area contributed by atoms with Gasteiger partial charge in [0, 0.05) is 29.8 Å². The number of carbonyl (C=O) groups excluding carboxylic acids is 1. The van der Waals surface area contributed by atoms with Crippen molar-refractivity contribution in [3.63, 3.8) is 0 Å². The van der Waals surface area contributed by atoms with Gasteiger partial charge in [0.25, 0.3) is 0 Å². The van der Waals surface area contributed by atoms with Gasteiger partial charge in [-0.3, -0.25) is 9.78 Å². The van der Waals surface area contributed by atoms with Crippen molar-refractivity contribution >= 4 is 32.2 Å². The van der Waals surface area contributed by atoms with Crippen LogP contribution in [0.25, 0.3) is 11.3 Å². The van der Waals surface area contributed by atoms with Crippen LogP contribution in [0.1, 0.15) is 6.42 Å². The summed E-state index contributed by atoms with van der Waals surface area (Å²) in [7, 11) is -2.05. The van der Waals surface area contributed by atoms with Crippen LogP contribution < -0.4 is 10.1 Å². The Balaban J connectivity index is 1.58. The third kappa shape index (κ3) is 4.89. The number of pyridine rings is 1. The van der Waals surface area contributed by atoms with Gasteiger partial charge in [0.15, 0.2) is 15.0 Å². The van der Waals surface area contributed by atoms with E-state index in [0.717, 1.165) is 5.56 Å². The topological polar surface area (TPSA) is 98.2 Å². The van der Waals surface area contributed by atoms with Crippen molar-refractivity contribution in [2.75, 3.05) is 18.2 Å². The first-order chi connectivity index (χ1) is 13.0. The number of nitrogens with zero attached hydrogens (tertiary/aromatic N) is 2. The monoisotopic (exact) mass is 403 g/mol. The summed E-state index contributed by atoms with van der Waals surface area (Å²) in [5.74, 6) is -0.120. The van der Waals surface area contributed by atoms with E-state index in [4.69, 9.17) is 4.74 Å². The predicted molar refractivity (Wildman–Crippen MR) is 104 cm³/mol. The van der Waals surface area contributed by atoms with E-state index in [0.29, 0.717) is 16.6 Å². The number of sulfone groups is 1. The summed E-state index contributed by atoms with van der Waals surface area (Å²) in [6.07, 6.45) is 3.19. The average Bonchev–Trinajstić information content (AvgIpc) is 3.16. The first-order valence-corrected chi connectivity index (χ1v) is 10.5. The molecule has 0 aliphatic carbocycles. The van der Waals surface area contributed by atoms with Crippen LogP contribution >= 0.6 is 11.3 Å². The number of nitrogens with one attached hydrogen (secondary N) is 1. The molecule has 27 heavy (non-hydrogen) atoms. The van der Waals surface area contributed by atoms with Crippen molar-refractivity contribution in [2.24, 2.45) is 0 Å². The van der Waals surface area contributed by atoms with E-state index in [9.17, 15) is 13.2 Å². The minimum absolute atomic E-state index is 0.157. The van der Waals surface area contributed by atoms with Crippen LogP contribution in [0.3, 0.4) is 0 Å². The second-order valence-corrected chi connectivity index (χ2v) is 8.54. The largest absolute Gasteiger partial charge is 0.497 e. The number of hydrogen-bond acceptors (Lipinski definition) is 7. The van der Waals surface area contributed by atoms with Gasteiger partial charge in [0.1, 0.15) is 5.75 Å². The molecule has 9 heteroatoms. The van der Waals surface area contributed by atoms with E-state index in [2.05, 4.69) is 15.3 Å². The molecular formula is C18H17N3O4S2. The quantitative estimate of drug-likeness (QED) is 0.651. The van der Waals surface area contributed by atoms with Crippen molar-refractivity contribution in [3.05, 3.63) is 54.2 Å². The molecule has 0 spiro atoms. The molecule has 0 saturated carbocycles. The third-order valence-corrected chi connectivity index (χ3v) is 6.21. The van der Waals surface area contributed by atoms with Gasteiger partial charge in [-0.05, 0) is 36.4 Å². The molecule has 0 saturated heterocycles. The number of hydrogen-bond donors (Lipinski definition) is 1. The fourth-order valence-electron chi connectivity index (χ4n) is 2.29. The molecule has 0 bridgehead atoms. The van der Waals surface area contributed by atoms with Crippen molar-refractivity contribution in [1.82, 2.24) is 9.97 Å². The van der Waals surface area contributed by atoms with E-state index in [1.807, 2.05) is 6.07 Å². The van der Waals surface area contributed by atoms with Gasteiger partial charge >= 0.3 is 0 Å². The molecule has 0 fully saturated rings. The minimum Gasteiger partial charge on any atom is -0.497 e. The SMILES string of the molecule is COc1ccc(S(=O)(=O)CCC(=O)Nc2nc(-c3cccnc3)cs2)cc1. The highest BCUT2D eigenvalue weighted by molar-refractivity contribution is 7.91. The van der Waals surface area contributed by atoms with Crippen molar-refractivity contribution < 1.29 is 17.9 Å².